The van der Waals surface area contributed by atoms with Gasteiger partial charge in [-0.25, -0.2) is 4.39 Å². The van der Waals surface area contributed by atoms with Crippen LogP contribution in [0.5, 0.6) is 0 Å². The number of halogens is 2. The van der Waals surface area contributed by atoms with Gasteiger partial charge < -0.3 is 10.6 Å². The molecule has 1 heterocycles. The fraction of sp³-hybridized carbons (Fsp3) is 0.500. The van der Waals surface area contributed by atoms with E-state index in [0.717, 1.165) is 18.8 Å². The van der Waals surface area contributed by atoms with Gasteiger partial charge in [-0.05, 0) is 33.8 Å². The summed E-state index contributed by atoms with van der Waals surface area (Å²) in [4.78, 5) is 2.23. The summed E-state index contributed by atoms with van der Waals surface area (Å²) in [6.45, 7) is 6.45. The van der Waals surface area contributed by atoms with Gasteiger partial charge in [-0.3, -0.25) is 0 Å². The van der Waals surface area contributed by atoms with E-state index >= 15 is 0 Å². The summed E-state index contributed by atoms with van der Waals surface area (Å²) >= 11 is 3.20. The van der Waals surface area contributed by atoms with E-state index in [1.807, 2.05) is 0 Å². The Hall–Kier alpha value is -0.770. The zero-order valence-corrected chi connectivity index (χ0v) is 11.1. The molecule has 1 aliphatic heterocycles. The van der Waals surface area contributed by atoms with Crippen molar-refractivity contribution < 1.29 is 4.39 Å². The number of benzene rings is 1. The van der Waals surface area contributed by atoms with Crippen LogP contribution in [0, 0.1) is 17.7 Å². The third-order valence-corrected chi connectivity index (χ3v) is 4.01. The van der Waals surface area contributed by atoms with Gasteiger partial charge in [-0.1, -0.05) is 13.8 Å². The third kappa shape index (κ3) is 2.03. The van der Waals surface area contributed by atoms with E-state index in [1.165, 1.54) is 6.07 Å². The summed E-state index contributed by atoms with van der Waals surface area (Å²) < 4.78 is 13.7. The molecule has 16 heavy (non-hydrogen) atoms. The molecule has 0 amide bonds. The normalized spacial score (nSPS) is 25.1. The van der Waals surface area contributed by atoms with Crippen molar-refractivity contribution >= 4 is 27.3 Å². The zero-order valence-electron chi connectivity index (χ0n) is 9.50. The van der Waals surface area contributed by atoms with Crippen LogP contribution >= 0.6 is 15.9 Å². The van der Waals surface area contributed by atoms with E-state index in [4.69, 9.17) is 5.73 Å². The van der Waals surface area contributed by atoms with Gasteiger partial charge in [0.15, 0.2) is 0 Å². The summed E-state index contributed by atoms with van der Waals surface area (Å²) in [5.41, 5.74) is 7.31. The SMILES string of the molecule is CC1CN(c2cc(Br)c(F)cc2N)CC1C. The first-order valence-electron chi connectivity index (χ1n) is 5.48. The van der Waals surface area contributed by atoms with E-state index in [-0.39, 0.29) is 5.82 Å². The minimum absolute atomic E-state index is 0.304. The topological polar surface area (TPSA) is 29.3 Å². The van der Waals surface area contributed by atoms with Crippen molar-refractivity contribution in [2.45, 2.75) is 13.8 Å². The van der Waals surface area contributed by atoms with Crippen LogP contribution in [0.25, 0.3) is 0 Å². The highest BCUT2D eigenvalue weighted by molar-refractivity contribution is 9.10. The van der Waals surface area contributed by atoms with Gasteiger partial charge in [0.05, 0.1) is 15.8 Å². The minimum Gasteiger partial charge on any atom is -0.397 e. The van der Waals surface area contributed by atoms with Crippen LogP contribution in [0.2, 0.25) is 0 Å². The van der Waals surface area contributed by atoms with Crippen LogP contribution in [0.1, 0.15) is 13.8 Å². The summed E-state index contributed by atoms with van der Waals surface area (Å²) in [6, 6.07) is 3.16. The van der Waals surface area contributed by atoms with Crippen LogP contribution in [0.3, 0.4) is 0 Å². The fourth-order valence-corrected chi connectivity index (χ4v) is 2.48. The third-order valence-electron chi connectivity index (χ3n) is 3.40. The van der Waals surface area contributed by atoms with Gasteiger partial charge in [0.2, 0.25) is 0 Å². The number of nitrogen functional groups attached to an aromatic ring is 1. The van der Waals surface area contributed by atoms with Crippen molar-refractivity contribution in [3.8, 4) is 0 Å². The zero-order chi connectivity index (χ0) is 11.9. The summed E-state index contributed by atoms with van der Waals surface area (Å²) in [6.07, 6.45) is 0. The molecule has 1 aromatic rings. The van der Waals surface area contributed by atoms with E-state index < -0.39 is 0 Å². The molecule has 2 N–H and O–H groups in total. The molecule has 0 saturated carbocycles. The molecular formula is C12H16BrFN2. The Morgan fingerprint density at radius 1 is 1.31 bits per heavy atom. The van der Waals surface area contributed by atoms with E-state index in [0.29, 0.717) is 22.0 Å². The maximum absolute atomic E-state index is 13.3. The first kappa shape index (κ1) is 11.7. The summed E-state index contributed by atoms with van der Waals surface area (Å²) in [5, 5.41) is 0. The molecule has 4 heteroatoms. The second-order valence-electron chi connectivity index (χ2n) is 4.68. The maximum atomic E-state index is 13.3. The molecule has 1 aromatic carbocycles. The van der Waals surface area contributed by atoms with Gasteiger partial charge in [0.25, 0.3) is 0 Å². The molecule has 0 aliphatic carbocycles. The molecule has 88 valence electrons. The lowest BCUT2D eigenvalue weighted by molar-refractivity contribution is 0.494. The quantitative estimate of drug-likeness (QED) is 0.803. The lowest BCUT2D eigenvalue weighted by Crippen LogP contribution is -2.21. The lowest BCUT2D eigenvalue weighted by atomic mass is 10.0. The standard InChI is InChI=1S/C12H16BrFN2/c1-7-5-16(6-8(7)2)12-3-9(13)10(14)4-11(12)15/h3-4,7-8H,5-6,15H2,1-2H3. The molecule has 0 spiro atoms. The monoisotopic (exact) mass is 286 g/mol. The highest BCUT2D eigenvalue weighted by Crippen LogP contribution is 2.34. The van der Waals surface area contributed by atoms with E-state index in [9.17, 15) is 4.39 Å². The summed E-state index contributed by atoms with van der Waals surface area (Å²) in [7, 11) is 0. The average Bonchev–Trinajstić information content (AvgIpc) is 2.53. The predicted molar refractivity (Wildman–Crippen MR) is 69.1 cm³/mol. The molecule has 0 radical (unpaired) electrons. The Labute approximate surface area is 104 Å². The van der Waals surface area contributed by atoms with Gasteiger partial charge in [-0.2, -0.15) is 0 Å². The van der Waals surface area contributed by atoms with Crippen molar-refractivity contribution in [3.05, 3.63) is 22.4 Å². The second-order valence-corrected chi connectivity index (χ2v) is 5.54. The molecule has 2 unspecified atom stereocenters. The van der Waals surface area contributed by atoms with Gasteiger partial charge in [-0.15, -0.1) is 0 Å². The minimum atomic E-state index is -0.304. The fourth-order valence-electron chi connectivity index (χ4n) is 2.15. The molecule has 1 saturated heterocycles. The van der Waals surface area contributed by atoms with Crippen molar-refractivity contribution in [2.24, 2.45) is 11.8 Å². The molecule has 2 rings (SSSR count). The first-order chi connectivity index (χ1) is 7.49. The molecule has 2 atom stereocenters. The molecule has 1 fully saturated rings. The molecular weight excluding hydrogens is 271 g/mol. The number of nitrogens with zero attached hydrogens (tertiary/aromatic N) is 1. The molecule has 0 aromatic heterocycles. The van der Waals surface area contributed by atoms with Crippen molar-refractivity contribution in [1.82, 2.24) is 0 Å². The summed E-state index contributed by atoms with van der Waals surface area (Å²) in [5.74, 6) is 1.01. The highest BCUT2D eigenvalue weighted by atomic mass is 79.9. The smallest absolute Gasteiger partial charge is 0.139 e. The highest BCUT2D eigenvalue weighted by Gasteiger charge is 2.27. The maximum Gasteiger partial charge on any atom is 0.139 e. The average molecular weight is 287 g/mol. The Balaban J connectivity index is 2.31. The van der Waals surface area contributed by atoms with Gasteiger partial charge >= 0.3 is 0 Å². The van der Waals surface area contributed by atoms with Crippen molar-refractivity contribution in [1.29, 1.82) is 0 Å². The number of rotatable bonds is 1. The Morgan fingerprint density at radius 2 is 1.88 bits per heavy atom. The van der Waals surface area contributed by atoms with Crippen LogP contribution < -0.4 is 10.6 Å². The van der Waals surface area contributed by atoms with Crippen LogP contribution in [-0.2, 0) is 0 Å². The first-order valence-corrected chi connectivity index (χ1v) is 6.27. The van der Waals surface area contributed by atoms with Crippen LogP contribution in [-0.4, -0.2) is 13.1 Å². The second kappa shape index (κ2) is 4.24. The number of nitrogens with two attached hydrogens (primary N) is 1. The number of hydrogen-bond donors (Lipinski definition) is 1. The molecule has 2 nitrogen and oxygen atoms in total. The van der Waals surface area contributed by atoms with Crippen molar-refractivity contribution in [3.63, 3.8) is 0 Å². The van der Waals surface area contributed by atoms with Gasteiger partial charge in [0.1, 0.15) is 5.82 Å². The Morgan fingerprint density at radius 3 is 2.44 bits per heavy atom. The Bertz CT molecular complexity index is 398. The van der Waals surface area contributed by atoms with Gasteiger partial charge in [0, 0.05) is 19.2 Å². The number of hydrogen-bond acceptors (Lipinski definition) is 2. The predicted octanol–water partition coefficient (Wildman–Crippen LogP) is 3.26. The van der Waals surface area contributed by atoms with Crippen LogP contribution in [0.4, 0.5) is 15.8 Å². The number of anilines is 2. The van der Waals surface area contributed by atoms with E-state index in [1.54, 1.807) is 6.07 Å². The lowest BCUT2D eigenvalue weighted by Gasteiger charge is -2.20. The van der Waals surface area contributed by atoms with Crippen LogP contribution in [0.15, 0.2) is 16.6 Å². The molecule has 1 aliphatic rings. The van der Waals surface area contributed by atoms with E-state index in [2.05, 4.69) is 34.7 Å². The van der Waals surface area contributed by atoms with Crippen molar-refractivity contribution in [2.75, 3.05) is 23.7 Å². The largest absolute Gasteiger partial charge is 0.397 e. The molecule has 0 bridgehead atoms. The Kier molecular flexibility index (Phi) is 3.10.